The first-order chi connectivity index (χ1) is 13.2. The zero-order valence-corrected chi connectivity index (χ0v) is 15.6. The zero-order chi connectivity index (χ0) is 19.1. The van der Waals surface area contributed by atoms with Crippen molar-refractivity contribution in [2.24, 2.45) is 5.92 Å². The van der Waals surface area contributed by atoms with E-state index >= 15 is 0 Å². The quantitative estimate of drug-likeness (QED) is 0.451. The van der Waals surface area contributed by atoms with Crippen LogP contribution in [0.25, 0.3) is 0 Å². The molecule has 2 fully saturated rings. The fourth-order valence-electron chi connectivity index (χ4n) is 3.74. The molecule has 27 heavy (non-hydrogen) atoms. The van der Waals surface area contributed by atoms with Gasteiger partial charge in [-0.2, -0.15) is 5.26 Å². The minimum Gasteiger partial charge on any atom is -0.373 e. The van der Waals surface area contributed by atoms with Gasteiger partial charge in [-0.15, -0.1) is 0 Å². The topological polar surface area (TPSA) is 67.6 Å². The highest BCUT2D eigenvalue weighted by molar-refractivity contribution is 5.97. The fraction of sp³-hybridized carbons (Fsp3) is 0.476. The lowest BCUT2D eigenvalue weighted by Crippen LogP contribution is -2.44. The molecular formula is C21H26N4O2. The van der Waals surface area contributed by atoms with E-state index in [9.17, 15) is 14.9 Å². The number of piperazine rings is 1. The lowest BCUT2D eigenvalue weighted by atomic mass is 9.90. The minimum absolute atomic E-state index is 0.173. The van der Waals surface area contributed by atoms with Crippen molar-refractivity contribution in [1.29, 1.82) is 5.26 Å². The molecule has 0 saturated carbocycles. The van der Waals surface area contributed by atoms with Crippen LogP contribution in [0, 0.1) is 17.2 Å². The van der Waals surface area contributed by atoms with Crippen LogP contribution < -0.4 is 0 Å². The van der Waals surface area contributed by atoms with Gasteiger partial charge in [-0.1, -0.05) is 30.3 Å². The number of likely N-dealkylation sites (tertiary alicyclic amines) is 1. The number of carbonyl (C=O) groups excluding carboxylic acids is 2. The van der Waals surface area contributed by atoms with E-state index in [2.05, 4.69) is 30.3 Å². The molecule has 0 radical (unpaired) electrons. The molecule has 0 aromatic heterocycles. The molecule has 0 unspecified atom stereocenters. The maximum absolute atomic E-state index is 12.7. The van der Waals surface area contributed by atoms with Gasteiger partial charge in [0.05, 0.1) is 0 Å². The summed E-state index contributed by atoms with van der Waals surface area (Å²) in [6, 6.07) is 12.5. The van der Waals surface area contributed by atoms with Gasteiger partial charge in [0.2, 0.25) is 6.41 Å². The van der Waals surface area contributed by atoms with Crippen LogP contribution in [0.1, 0.15) is 18.4 Å². The molecule has 0 bridgehead atoms. The summed E-state index contributed by atoms with van der Waals surface area (Å²) in [5, 5.41) is 9.44. The normalized spacial score (nSPS) is 18.9. The van der Waals surface area contributed by atoms with E-state index in [-0.39, 0.29) is 11.5 Å². The van der Waals surface area contributed by atoms with Crippen LogP contribution in [0.2, 0.25) is 0 Å². The Morgan fingerprint density at radius 3 is 2.26 bits per heavy atom. The maximum atomic E-state index is 12.7. The number of carbonyl (C=O) groups is 2. The number of nitriles is 1. The summed E-state index contributed by atoms with van der Waals surface area (Å²) >= 11 is 0. The van der Waals surface area contributed by atoms with Gasteiger partial charge in [-0.05, 0) is 30.7 Å². The van der Waals surface area contributed by atoms with E-state index < -0.39 is 0 Å². The summed E-state index contributed by atoms with van der Waals surface area (Å²) in [4.78, 5) is 29.0. The smallest absolute Gasteiger partial charge is 0.266 e. The number of amides is 2. The number of hydrogen-bond acceptors (Lipinski definition) is 4. The Bertz CT molecular complexity index is 709. The summed E-state index contributed by atoms with van der Waals surface area (Å²) < 4.78 is 0. The van der Waals surface area contributed by atoms with Crippen molar-refractivity contribution in [3.8, 4) is 6.07 Å². The third-order valence-corrected chi connectivity index (χ3v) is 5.43. The lowest BCUT2D eigenvalue weighted by molar-refractivity contribution is -0.128. The Morgan fingerprint density at radius 1 is 1.04 bits per heavy atom. The van der Waals surface area contributed by atoms with Crippen LogP contribution in [0.3, 0.4) is 0 Å². The molecule has 2 saturated heterocycles. The molecule has 6 heteroatoms. The van der Waals surface area contributed by atoms with E-state index in [1.54, 1.807) is 16.0 Å². The van der Waals surface area contributed by atoms with E-state index in [0.29, 0.717) is 45.2 Å². The number of hydrogen-bond donors (Lipinski definition) is 0. The Balaban J connectivity index is 1.52. The maximum Gasteiger partial charge on any atom is 0.266 e. The predicted molar refractivity (Wildman–Crippen MR) is 102 cm³/mol. The van der Waals surface area contributed by atoms with Gasteiger partial charge in [0.1, 0.15) is 11.6 Å². The van der Waals surface area contributed by atoms with Gasteiger partial charge in [-0.3, -0.25) is 9.59 Å². The van der Waals surface area contributed by atoms with Gasteiger partial charge in [0, 0.05) is 45.5 Å². The molecule has 6 nitrogen and oxygen atoms in total. The molecule has 2 amide bonds. The van der Waals surface area contributed by atoms with Gasteiger partial charge in [-0.25, -0.2) is 0 Å². The van der Waals surface area contributed by atoms with Gasteiger partial charge < -0.3 is 14.7 Å². The average Bonchev–Trinajstić information content (AvgIpc) is 2.73. The van der Waals surface area contributed by atoms with Crippen molar-refractivity contribution >= 4 is 12.3 Å². The summed E-state index contributed by atoms with van der Waals surface area (Å²) in [6.45, 7) is 3.95. The molecule has 2 heterocycles. The van der Waals surface area contributed by atoms with Gasteiger partial charge in [0.15, 0.2) is 0 Å². The molecule has 0 aliphatic carbocycles. The van der Waals surface area contributed by atoms with Crippen molar-refractivity contribution in [3.63, 3.8) is 0 Å². The predicted octanol–water partition coefficient (Wildman–Crippen LogP) is 1.65. The van der Waals surface area contributed by atoms with E-state index in [4.69, 9.17) is 0 Å². The summed E-state index contributed by atoms with van der Waals surface area (Å²) in [5.74, 6) is 0.413. The van der Waals surface area contributed by atoms with Crippen LogP contribution in [0.15, 0.2) is 42.1 Å². The molecular weight excluding hydrogens is 340 g/mol. The highest BCUT2D eigenvalue weighted by Gasteiger charge is 2.26. The highest BCUT2D eigenvalue weighted by atomic mass is 16.2. The lowest BCUT2D eigenvalue weighted by Gasteiger charge is -2.33. The third-order valence-electron chi connectivity index (χ3n) is 5.43. The molecule has 0 N–H and O–H groups in total. The zero-order valence-electron chi connectivity index (χ0n) is 15.6. The van der Waals surface area contributed by atoms with Crippen molar-refractivity contribution in [2.45, 2.75) is 19.3 Å². The Morgan fingerprint density at radius 2 is 1.67 bits per heavy atom. The Kier molecular flexibility index (Phi) is 6.48. The Labute approximate surface area is 160 Å². The summed E-state index contributed by atoms with van der Waals surface area (Å²) in [6.07, 6.45) is 5.50. The number of nitrogens with zero attached hydrogens (tertiary/aromatic N) is 4. The summed E-state index contributed by atoms with van der Waals surface area (Å²) in [7, 11) is 0. The molecule has 0 atom stereocenters. The van der Waals surface area contributed by atoms with Crippen LogP contribution in [-0.2, 0) is 16.0 Å². The second-order valence-corrected chi connectivity index (χ2v) is 7.26. The van der Waals surface area contributed by atoms with E-state index in [0.717, 1.165) is 25.7 Å². The SMILES string of the molecule is N#C/C(=C/N1CCN(C=O)CC1)C(=O)N1CCC(Cc2ccccc2)CC1. The first kappa shape index (κ1) is 19.0. The van der Waals surface area contributed by atoms with Crippen LogP contribution in [0.5, 0.6) is 0 Å². The summed E-state index contributed by atoms with van der Waals surface area (Å²) in [5.41, 5.74) is 1.53. The monoisotopic (exact) mass is 366 g/mol. The largest absolute Gasteiger partial charge is 0.373 e. The number of piperidine rings is 1. The molecule has 0 spiro atoms. The van der Waals surface area contributed by atoms with Crippen molar-refractivity contribution in [3.05, 3.63) is 47.7 Å². The van der Waals surface area contributed by atoms with Gasteiger partial charge >= 0.3 is 0 Å². The van der Waals surface area contributed by atoms with Crippen molar-refractivity contribution < 1.29 is 9.59 Å². The van der Waals surface area contributed by atoms with E-state index in [1.165, 1.54) is 5.56 Å². The average molecular weight is 366 g/mol. The molecule has 1 aromatic carbocycles. The first-order valence-electron chi connectivity index (χ1n) is 9.58. The second kappa shape index (κ2) is 9.22. The Hall–Kier alpha value is -2.81. The van der Waals surface area contributed by atoms with Crippen LogP contribution in [-0.4, -0.2) is 66.3 Å². The molecule has 1 aromatic rings. The second-order valence-electron chi connectivity index (χ2n) is 7.26. The van der Waals surface area contributed by atoms with Crippen molar-refractivity contribution in [1.82, 2.24) is 14.7 Å². The van der Waals surface area contributed by atoms with Crippen LogP contribution in [0.4, 0.5) is 0 Å². The molecule has 142 valence electrons. The minimum atomic E-state index is -0.173. The number of benzene rings is 1. The van der Waals surface area contributed by atoms with Crippen LogP contribution >= 0.6 is 0 Å². The van der Waals surface area contributed by atoms with Gasteiger partial charge in [0.25, 0.3) is 5.91 Å². The molecule has 3 rings (SSSR count). The molecule has 2 aliphatic rings. The number of rotatable bonds is 5. The standard InChI is InChI=1S/C21H26N4O2/c22-15-20(16-23-10-12-24(17-26)13-11-23)21(27)25-8-6-19(7-9-25)14-18-4-2-1-3-5-18/h1-5,16-17,19H,6-14H2/b20-16-. The molecule has 2 aliphatic heterocycles. The highest BCUT2D eigenvalue weighted by Crippen LogP contribution is 2.22. The fourth-order valence-corrected chi connectivity index (χ4v) is 3.74. The van der Waals surface area contributed by atoms with E-state index in [1.807, 2.05) is 11.0 Å². The van der Waals surface area contributed by atoms with Crippen molar-refractivity contribution in [2.75, 3.05) is 39.3 Å². The first-order valence-corrected chi connectivity index (χ1v) is 9.58. The third kappa shape index (κ3) is 5.10.